The summed E-state index contributed by atoms with van der Waals surface area (Å²) in [5.74, 6) is -0.120. The van der Waals surface area contributed by atoms with Crippen molar-refractivity contribution >= 4 is 23.4 Å². The molecule has 2 aliphatic heterocycles. The van der Waals surface area contributed by atoms with Crippen LogP contribution in [0.3, 0.4) is 0 Å². The van der Waals surface area contributed by atoms with Crippen LogP contribution in [0, 0.1) is 13.8 Å². The molecule has 1 saturated heterocycles. The zero-order valence-corrected chi connectivity index (χ0v) is 18.6. The summed E-state index contributed by atoms with van der Waals surface area (Å²) in [6.07, 6.45) is 1.18. The van der Waals surface area contributed by atoms with Crippen LogP contribution in [0.15, 0.2) is 42.5 Å². The highest BCUT2D eigenvalue weighted by molar-refractivity contribution is 6.10. The van der Waals surface area contributed by atoms with Crippen LogP contribution < -0.4 is 4.90 Å². The van der Waals surface area contributed by atoms with Crippen molar-refractivity contribution in [3.63, 3.8) is 0 Å². The van der Waals surface area contributed by atoms with E-state index in [0.29, 0.717) is 30.6 Å². The van der Waals surface area contributed by atoms with Gasteiger partial charge in [-0.05, 0) is 50.5 Å². The summed E-state index contributed by atoms with van der Waals surface area (Å²) in [4.78, 5) is 44.0. The van der Waals surface area contributed by atoms with Crippen molar-refractivity contribution in [2.45, 2.75) is 52.2 Å². The second-order valence-electron chi connectivity index (χ2n) is 8.85. The maximum atomic E-state index is 13.3. The van der Waals surface area contributed by atoms with Crippen LogP contribution in [0.25, 0.3) is 0 Å². The van der Waals surface area contributed by atoms with Crippen LogP contribution in [-0.2, 0) is 16.1 Å². The summed E-state index contributed by atoms with van der Waals surface area (Å²) >= 11 is 0. The number of anilines is 1. The minimum Gasteiger partial charge on any atom is -0.341 e. The molecule has 1 fully saturated rings. The largest absolute Gasteiger partial charge is 0.341 e. The lowest BCUT2D eigenvalue weighted by Crippen LogP contribution is -2.62. The molecule has 2 heterocycles. The Bertz CT molecular complexity index is 1060. The van der Waals surface area contributed by atoms with Gasteiger partial charge >= 0.3 is 0 Å². The molecule has 1 atom stereocenters. The van der Waals surface area contributed by atoms with Crippen molar-refractivity contribution in [3.05, 3.63) is 64.7 Å². The number of hydrogen-bond acceptors (Lipinski definition) is 3. The molecular formula is C25H29N3O3. The Morgan fingerprint density at radius 1 is 1.13 bits per heavy atom. The van der Waals surface area contributed by atoms with E-state index in [0.717, 1.165) is 11.1 Å². The van der Waals surface area contributed by atoms with Crippen molar-refractivity contribution in [1.82, 2.24) is 9.80 Å². The highest BCUT2D eigenvalue weighted by Gasteiger charge is 2.52. The van der Waals surface area contributed by atoms with Crippen LogP contribution in [-0.4, -0.2) is 46.8 Å². The number of benzene rings is 2. The second kappa shape index (κ2) is 7.84. The fraction of sp³-hybridized carbons (Fsp3) is 0.400. The van der Waals surface area contributed by atoms with Crippen molar-refractivity contribution in [2.24, 2.45) is 0 Å². The number of aryl methyl sites for hydroxylation is 2. The van der Waals surface area contributed by atoms with Gasteiger partial charge in [0.15, 0.2) is 0 Å². The third-order valence-electron chi connectivity index (χ3n) is 6.63. The van der Waals surface area contributed by atoms with Gasteiger partial charge in [-0.15, -0.1) is 0 Å². The van der Waals surface area contributed by atoms with Gasteiger partial charge in [-0.3, -0.25) is 19.3 Å². The number of fused-ring (bicyclic) bond motifs is 3. The van der Waals surface area contributed by atoms with Gasteiger partial charge in [0.25, 0.3) is 5.91 Å². The first-order chi connectivity index (χ1) is 14.7. The number of hydrogen-bond donors (Lipinski definition) is 0. The molecule has 2 aromatic carbocycles. The average molecular weight is 420 g/mol. The van der Waals surface area contributed by atoms with E-state index in [1.807, 2.05) is 19.1 Å². The Labute approximate surface area is 183 Å². The minimum absolute atomic E-state index is 0.0192. The number of nitrogens with zero attached hydrogens (tertiary/aromatic N) is 3. The summed E-state index contributed by atoms with van der Waals surface area (Å²) < 4.78 is 0. The monoisotopic (exact) mass is 419 g/mol. The fourth-order valence-electron chi connectivity index (χ4n) is 4.81. The van der Waals surface area contributed by atoms with Gasteiger partial charge in [0.05, 0.1) is 11.3 Å². The maximum Gasteiger partial charge on any atom is 0.257 e. The Kier molecular flexibility index (Phi) is 5.33. The molecular weight excluding hydrogens is 390 g/mol. The van der Waals surface area contributed by atoms with Gasteiger partial charge in [0, 0.05) is 33.0 Å². The Morgan fingerprint density at radius 2 is 1.87 bits per heavy atom. The smallest absolute Gasteiger partial charge is 0.257 e. The van der Waals surface area contributed by atoms with E-state index in [9.17, 15) is 14.4 Å². The summed E-state index contributed by atoms with van der Waals surface area (Å²) in [5, 5.41) is 0. The average Bonchev–Trinajstić information content (AvgIpc) is 3.05. The SMILES string of the molecule is Cc1ccc(CN(C)C(=O)CCN2C(=O)c3ccccc3N3C(=O)CCC23C)c(C)c1. The molecule has 0 aromatic heterocycles. The summed E-state index contributed by atoms with van der Waals surface area (Å²) in [6, 6.07) is 13.5. The highest BCUT2D eigenvalue weighted by Crippen LogP contribution is 2.43. The molecule has 0 bridgehead atoms. The normalized spacial score (nSPS) is 20.0. The topological polar surface area (TPSA) is 60.9 Å². The van der Waals surface area contributed by atoms with Gasteiger partial charge in [-0.1, -0.05) is 35.9 Å². The van der Waals surface area contributed by atoms with Crippen LogP contribution in [0.2, 0.25) is 0 Å². The van der Waals surface area contributed by atoms with E-state index in [1.165, 1.54) is 5.56 Å². The standard InChI is InChI=1S/C25H29N3O3/c1-17-9-10-19(18(2)15-17)16-26(4)22(29)12-14-27-24(31)20-7-5-6-8-21(20)28-23(30)11-13-25(27,28)3/h5-10,15H,11-14,16H2,1-4H3. The first-order valence-electron chi connectivity index (χ1n) is 10.8. The molecule has 4 rings (SSSR count). The van der Waals surface area contributed by atoms with Crippen molar-refractivity contribution in [2.75, 3.05) is 18.5 Å². The molecule has 0 aliphatic carbocycles. The number of rotatable bonds is 5. The lowest BCUT2D eigenvalue weighted by Gasteiger charge is -2.48. The van der Waals surface area contributed by atoms with E-state index < -0.39 is 5.66 Å². The van der Waals surface area contributed by atoms with Gasteiger partial charge in [-0.25, -0.2) is 0 Å². The molecule has 0 N–H and O–H groups in total. The van der Waals surface area contributed by atoms with E-state index in [2.05, 4.69) is 32.0 Å². The molecule has 0 spiro atoms. The lowest BCUT2D eigenvalue weighted by atomic mass is 9.98. The molecule has 6 nitrogen and oxygen atoms in total. The molecule has 0 radical (unpaired) electrons. The van der Waals surface area contributed by atoms with Gasteiger partial charge in [0.1, 0.15) is 5.66 Å². The summed E-state index contributed by atoms with van der Waals surface area (Å²) in [7, 11) is 1.79. The number of amides is 3. The molecule has 6 heteroatoms. The van der Waals surface area contributed by atoms with E-state index in [1.54, 1.807) is 33.9 Å². The molecule has 0 saturated carbocycles. The van der Waals surface area contributed by atoms with Crippen LogP contribution >= 0.6 is 0 Å². The van der Waals surface area contributed by atoms with Gasteiger partial charge in [-0.2, -0.15) is 0 Å². The van der Waals surface area contributed by atoms with Crippen LogP contribution in [0.1, 0.15) is 53.2 Å². The number of para-hydroxylation sites is 1. The molecule has 31 heavy (non-hydrogen) atoms. The first kappa shape index (κ1) is 21.1. The Morgan fingerprint density at radius 3 is 2.61 bits per heavy atom. The predicted molar refractivity (Wildman–Crippen MR) is 120 cm³/mol. The van der Waals surface area contributed by atoms with Crippen molar-refractivity contribution in [3.8, 4) is 0 Å². The first-order valence-corrected chi connectivity index (χ1v) is 10.8. The third kappa shape index (κ3) is 3.60. The molecule has 2 aromatic rings. The molecule has 3 amide bonds. The zero-order chi connectivity index (χ0) is 22.3. The molecule has 1 unspecified atom stereocenters. The third-order valence-corrected chi connectivity index (χ3v) is 6.63. The lowest BCUT2D eigenvalue weighted by molar-refractivity contribution is -0.130. The number of carbonyl (C=O) groups excluding carboxylic acids is 3. The second-order valence-corrected chi connectivity index (χ2v) is 8.85. The van der Waals surface area contributed by atoms with Crippen LogP contribution in [0.4, 0.5) is 5.69 Å². The maximum absolute atomic E-state index is 13.3. The summed E-state index contributed by atoms with van der Waals surface area (Å²) in [6.45, 7) is 6.84. The van der Waals surface area contributed by atoms with E-state index >= 15 is 0 Å². The minimum atomic E-state index is -0.727. The molecule has 162 valence electrons. The highest BCUT2D eigenvalue weighted by atomic mass is 16.2. The Hall–Kier alpha value is -3.15. The van der Waals surface area contributed by atoms with Crippen molar-refractivity contribution < 1.29 is 14.4 Å². The van der Waals surface area contributed by atoms with E-state index in [-0.39, 0.29) is 30.7 Å². The Balaban J connectivity index is 1.50. The zero-order valence-electron chi connectivity index (χ0n) is 18.6. The van der Waals surface area contributed by atoms with Gasteiger partial charge in [0.2, 0.25) is 11.8 Å². The van der Waals surface area contributed by atoms with Crippen molar-refractivity contribution in [1.29, 1.82) is 0 Å². The fourth-order valence-corrected chi connectivity index (χ4v) is 4.81. The molecule has 2 aliphatic rings. The van der Waals surface area contributed by atoms with Gasteiger partial charge < -0.3 is 9.80 Å². The summed E-state index contributed by atoms with van der Waals surface area (Å²) in [5.41, 5.74) is 3.94. The van der Waals surface area contributed by atoms with Crippen LogP contribution in [0.5, 0.6) is 0 Å². The quantitative estimate of drug-likeness (QED) is 0.743. The number of carbonyl (C=O) groups is 3. The van der Waals surface area contributed by atoms with E-state index in [4.69, 9.17) is 0 Å². The predicted octanol–water partition coefficient (Wildman–Crippen LogP) is 3.65.